The lowest BCUT2D eigenvalue weighted by molar-refractivity contribution is 0.405. The van der Waals surface area contributed by atoms with Crippen molar-refractivity contribution in [2.24, 2.45) is 18.0 Å². The third kappa shape index (κ3) is 8.00. The monoisotopic (exact) mass is 503 g/mol. The van der Waals surface area contributed by atoms with Gasteiger partial charge < -0.3 is 15.4 Å². The lowest BCUT2D eigenvalue weighted by atomic mass is 10.2. The Bertz CT molecular complexity index is 707. The van der Waals surface area contributed by atoms with Crippen molar-refractivity contribution < 1.29 is 4.74 Å². The standard InChI is InChI=1S/C19H29N5OS.HI/c1-5-20-19(22-13-16-10-11-23-24(16)3)21-12-15(2)14-26-18-9-7-6-8-17(18)25-4;/h6-11,15H,5,12-14H2,1-4H3,(H2,20,21,22);1H. The summed E-state index contributed by atoms with van der Waals surface area (Å²) in [5.41, 5.74) is 1.09. The summed E-state index contributed by atoms with van der Waals surface area (Å²) in [6.45, 7) is 6.61. The van der Waals surface area contributed by atoms with Crippen LogP contribution in [-0.4, -0.2) is 41.7 Å². The van der Waals surface area contributed by atoms with Crippen LogP contribution >= 0.6 is 35.7 Å². The van der Waals surface area contributed by atoms with Gasteiger partial charge in [0.1, 0.15) is 5.75 Å². The second kappa shape index (κ2) is 12.9. The first-order chi connectivity index (χ1) is 12.6. The van der Waals surface area contributed by atoms with Crippen molar-refractivity contribution in [3.05, 3.63) is 42.2 Å². The van der Waals surface area contributed by atoms with E-state index in [-0.39, 0.29) is 24.0 Å². The molecule has 1 unspecified atom stereocenters. The molecular weight excluding hydrogens is 473 g/mol. The fourth-order valence-electron chi connectivity index (χ4n) is 2.36. The highest BCUT2D eigenvalue weighted by molar-refractivity contribution is 14.0. The van der Waals surface area contributed by atoms with Gasteiger partial charge in [-0.05, 0) is 31.0 Å². The number of hydrogen-bond acceptors (Lipinski definition) is 4. The highest BCUT2D eigenvalue weighted by Gasteiger charge is 2.08. The van der Waals surface area contributed by atoms with Gasteiger partial charge in [-0.15, -0.1) is 35.7 Å². The first-order valence-corrected chi connectivity index (χ1v) is 9.87. The van der Waals surface area contributed by atoms with Crippen LogP contribution in [-0.2, 0) is 13.6 Å². The molecule has 0 fully saturated rings. The molecule has 0 saturated carbocycles. The van der Waals surface area contributed by atoms with Crippen LogP contribution in [0, 0.1) is 5.92 Å². The molecule has 0 saturated heterocycles. The molecule has 0 aliphatic carbocycles. The highest BCUT2D eigenvalue weighted by Crippen LogP contribution is 2.29. The average Bonchev–Trinajstić information content (AvgIpc) is 3.07. The summed E-state index contributed by atoms with van der Waals surface area (Å²) in [6, 6.07) is 10.1. The Hall–Kier alpha value is -1.42. The van der Waals surface area contributed by atoms with E-state index in [0.29, 0.717) is 12.5 Å². The SMILES string of the molecule is CCNC(=NCc1ccnn1C)NCC(C)CSc1ccccc1OC.I. The zero-order valence-electron chi connectivity index (χ0n) is 16.4. The van der Waals surface area contributed by atoms with E-state index in [1.54, 1.807) is 13.3 Å². The molecule has 8 heteroatoms. The molecule has 27 heavy (non-hydrogen) atoms. The summed E-state index contributed by atoms with van der Waals surface area (Å²) in [5.74, 6) is 3.27. The maximum absolute atomic E-state index is 5.41. The minimum absolute atomic E-state index is 0. The van der Waals surface area contributed by atoms with Gasteiger partial charge in [-0.3, -0.25) is 4.68 Å². The Morgan fingerprint density at radius 2 is 2.07 bits per heavy atom. The molecule has 6 nitrogen and oxygen atoms in total. The van der Waals surface area contributed by atoms with E-state index in [9.17, 15) is 0 Å². The number of methoxy groups -OCH3 is 1. The number of thioether (sulfide) groups is 1. The Balaban J connectivity index is 0.00000364. The van der Waals surface area contributed by atoms with Gasteiger partial charge in [0.2, 0.25) is 0 Å². The molecule has 2 rings (SSSR count). The van der Waals surface area contributed by atoms with Crippen LogP contribution in [0.4, 0.5) is 0 Å². The zero-order chi connectivity index (χ0) is 18.8. The molecule has 0 spiro atoms. The van der Waals surface area contributed by atoms with Crippen molar-refractivity contribution in [2.45, 2.75) is 25.3 Å². The number of nitrogens with zero attached hydrogens (tertiary/aromatic N) is 3. The molecular formula is C19H30IN5OS. The Morgan fingerprint density at radius 3 is 2.74 bits per heavy atom. The van der Waals surface area contributed by atoms with E-state index in [1.807, 2.05) is 47.8 Å². The van der Waals surface area contributed by atoms with Crippen LogP contribution in [0.1, 0.15) is 19.5 Å². The number of guanidine groups is 1. The topological polar surface area (TPSA) is 63.5 Å². The lowest BCUT2D eigenvalue weighted by Gasteiger charge is -2.16. The predicted octanol–water partition coefficient (Wildman–Crippen LogP) is 3.53. The largest absolute Gasteiger partial charge is 0.496 e. The summed E-state index contributed by atoms with van der Waals surface area (Å²) in [7, 11) is 3.65. The zero-order valence-corrected chi connectivity index (χ0v) is 19.6. The smallest absolute Gasteiger partial charge is 0.191 e. The highest BCUT2D eigenvalue weighted by atomic mass is 127. The van der Waals surface area contributed by atoms with Gasteiger partial charge in [-0.25, -0.2) is 4.99 Å². The summed E-state index contributed by atoms with van der Waals surface area (Å²) in [5, 5.41) is 10.9. The van der Waals surface area contributed by atoms with Crippen molar-refractivity contribution in [3.8, 4) is 5.75 Å². The van der Waals surface area contributed by atoms with Crippen molar-refractivity contribution in [1.29, 1.82) is 0 Å². The number of aliphatic imine (C=N–C) groups is 1. The summed E-state index contributed by atoms with van der Waals surface area (Å²) < 4.78 is 7.26. The summed E-state index contributed by atoms with van der Waals surface area (Å²) in [6.07, 6.45) is 1.79. The fraction of sp³-hybridized carbons (Fsp3) is 0.474. The van der Waals surface area contributed by atoms with E-state index < -0.39 is 0 Å². The first kappa shape index (κ1) is 23.6. The minimum atomic E-state index is 0. The third-order valence-electron chi connectivity index (χ3n) is 3.88. The lowest BCUT2D eigenvalue weighted by Crippen LogP contribution is -2.39. The van der Waals surface area contributed by atoms with Crippen LogP contribution in [0.5, 0.6) is 5.75 Å². The number of para-hydroxylation sites is 1. The van der Waals surface area contributed by atoms with Crippen LogP contribution in [0.3, 0.4) is 0 Å². The Morgan fingerprint density at radius 1 is 1.30 bits per heavy atom. The van der Waals surface area contributed by atoms with Crippen molar-refractivity contribution >= 4 is 41.7 Å². The predicted molar refractivity (Wildman–Crippen MR) is 124 cm³/mol. The van der Waals surface area contributed by atoms with Gasteiger partial charge in [-0.1, -0.05) is 19.1 Å². The minimum Gasteiger partial charge on any atom is -0.496 e. The van der Waals surface area contributed by atoms with Crippen molar-refractivity contribution in [2.75, 3.05) is 26.0 Å². The number of hydrogen-bond donors (Lipinski definition) is 2. The van der Waals surface area contributed by atoms with E-state index in [1.165, 1.54) is 4.90 Å². The van der Waals surface area contributed by atoms with Crippen LogP contribution in [0.25, 0.3) is 0 Å². The van der Waals surface area contributed by atoms with Gasteiger partial charge in [0.05, 0.1) is 19.3 Å². The van der Waals surface area contributed by atoms with Gasteiger partial charge >= 0.3 is 0 Å². The second-order valence-corrected chi connectivity index (χ2v) is 7.15. The molecule has 0 aliphatic heterocycles. The number of ether oxygens (including phenoxy) is 1. The Kier molecular flexibility index (Phi) is 11.3. The van der Waals surface area contributed by atoms with Gasteiger partial charge in [-0.2, -0.15) is 5.10 Å². The van der Waals surface area contributed by atoms with E-state index in [4.69, 9.17) is 4.74 Å². The van der Waals surface area contributed by atoms with E-state index in [2.05, 4.69) is 40.6 Å². The van der Waals surface area contributed by atoms with E-state index >= 15 is 0 Å². The quantitative estimate of drug-likeness (QED) is 0.237. The molecule has 2 aromatic rings. The van der Waals surface area contributed by atoms with Crippen LogP contribution in [0.15, 0.2) is 46.4 Å². The number of rotatable bonds is 9. The van der Waals surface area contributed by atoms with Gasteiger partial charge in [0.25, 0.3) is 0 Å². The first-order valence-electron chi connectivity index (χ1n) is 8.88. The average molecular weight is 503 g/mol. The second-order valence-electron chi connectivity index (χ2n) is 6.09. The normalized spacial score (nSPS) is 12.2. The van der Waals surface area contributed by atoms with E-state index in [0.717, 1.165) is 36.2 Å². The maximum atomic E-state index is 5.41. The Labute approximate surface area is 183 Å². The van der Waals surface area contributed by atoms with Gasteiger partial charge in [0.15, 0.2) is 5.96 Å². The third-order valence-corrected chi connectivity index (χ3v) is 5.26. The van der Waals surface area contributed by atoms with Gasteiger partial charge in [0, 0.05) is 37.0 Å². The number of halogens is 1. The molecule has 0 bridgehead atoms. The molecule has 150 valence electrons. The molecule has 2 N–H and O–H groups in total. The molecule has 1 atom stereocenters. The van der Waals surface area contributed by atoms with Crippen molar-refractivity contribution in [1.82, 2.24) is 20.4 Å². The molecule has 1 aromatic heterocycles. The summed E-state index contributed by atoms with van der Waals surface area (Å²) in [4.78, 5) is 5.82. The van der Waals surface area contributed by atoms with Crippen LogP contribution < -0.4 is 15.4 Å². The molecule has 0 aliphatic rings. The number of benzene rings is 1. The molecule has 1 aromatic carbocycles. The molecule has 1 heterocycles. The maximum Gasteiger partial charge on any atom is 0.191 e. The number of nitrogens with one attached hydrogen (secondary N) is 2. The molecule has 0 amide bonds. The number of aryl methyl sites for hydroxylation is 1. The fourth-order valence-corrected chi connectivity index (χ4v) is 3.41. The van der Waals surface area contributed by atoms with Crippen molar-refractivity contribution in [3.63, 3.8) is 0 Å². The molecule has 0 radical (unpaired) electrons. The number of aromatic nitrogens is 2. The summed E-state index contributed by atoms with van der Waals surface area (Å²) >= 11 is 1.82. The van der Waals surface area contributed by atoms with Crippen LogP contribution in [0.2, 0.25) is 0 Å².